The van der Waals surface area contributed by atoms with E-state index >= 15 is 4.39 Å². The number of benzene rings is 2. The zero-order valence-electron chi connectivity index (χ0n) is 25.6. The van der Waals surface area contributed by atoms with E-state index in [0.717, 1.165) is 25.0 Å². The monoisotopic (exact) mass is 616 g/mol. The quantitative estimate of drug-likeness (QED) is 0.227. The number of fused-ring (bicyclic) bond motifs is 1. The molecule has 2 aromatic carbocycles. The van der Waals surface area contributed by atoms with Gasteiger partial charge in [0.15, 0.2) is 5.82 Å². The molecule has 0 bridgehead atoms. The van der Waals surface area contributed by atoms with Crippen LogP contribution in [0, 0.1) is 5.82 Å². The number of nitrogens with zero attached hydrogens (tertiary/aromatic N) is 5. The zero-order chi connectivity index (χ0) is 31.7. The molecule has 1 saturated carbocycles. The highest BCUT2D eigenvalue weighted by molar-refractivity contribution is 5.80. The first-order valence-corrected chi connectivity index (χ1v) is 15.4. The van der Waals surface area contributed by atoms with Crippen molar-refractivity contribution in [1.82, 2.24) is 29.3 Å². The number of nitrogens with one attached hydrogen (secondary N) is 1. The predicted molar refractivity (Wildman–Crippen MR) is 166 cm³/mol. The van der Waals surface area contributed by atoms with Crippen molar-refractivity contribution < 1.29 is 18.8 Å². The molecule has 12 heteroatoms. The van der Waals surface area contributed by atoms with Crippen molar-refractivity contribution in [3.63, 3.8) is 0 Å². The first-order valence-electron chi connectivity index (χ1n) is 15.4. The molecule has 0 saturated heterocycles. The van der Waals surface area contributed by atoms with Gasteiger partial charge in [0.25, 0.3) is 5.56 Å². The second kappa shape index (κ2) is 12.5. The highest BCUT2D eigenvalue weighted by atomic mass is 19.1. The molecule has 1 aliphatic carbocycles. The molecule has 0 spiro atoms. The maximum Gasteiger partial charge on any atom is 0.439 e. The number of aryl methyl sites for hydroxylation is 1. The van der Waals surface area contributed by atoms with Crippen LogP contribution in [0.4, 0.5) is 4.39 Å². The van der Waals surface area contributed by atoms with E-state index in [4.69, 9.17) is 4.74 Å². The predicted octanol–water partition coefficient (Wildman–Crippen LogP) is 4.85. The van der Waals surface area contributed by atoms with Gasteiger partial charge in [0.05, 0.1) is 24.0 Å². The van der Waals surface area contributed by atoms with Crippen molar-refractivity contribution in [3.8, 4) is 22.5 Å². The van der Waals surface area contributed by atoms with Gasteiger partial charge in [-0.25, -0.2) is 13.7 Å². The van der Waals surface area contributed by atoms with Gasteiger partial charge >= 0.3 is 5.76 Å². The Morgan fingerprint density at radius 1 is 1.11 bits per heavy atom. The molecule has 1 fully saturated rings. The molecule has 0 unspecified atom stereocenters. The molecule has 3 heterocycles. The minimum atomic E-state index is -0.903. The highest BCUT2D eigenvalue weighted by Crippen LogP contribution is 2.33. The number of rotatable bonds is 10. The van der Waals surface area contributed by atoms with Crippen molar-refractivity contribution in [2.75, 3.05) is 6.61 Å². The third kappa shape index (κ3) is 6.38. The van der Waals surface area contributed by atoms with Crippen LogP contribution in [0.3, 0.4) is 0 Å². The maximum atomic E-state index is 15.9. The lowest BCUT2D eigenvalue weighted by Crippen LogP contribution is -2.36. The summed E-state index contributed by atoms with van der Waals surface area (Å²) in [5.74, 6) is -0.381. The molecule has 236 valence electrons. The summed E-state index contributed by atoms with van der Waals surface area (Å²) in [6.07, 6.45) is 5.86. The van der Waals surface area contributed by atoms with Crippen LogP contribution in [0.25, 0.3) is 28.3 Å². The summed E-state index contributed by atoms with van der Waals surface area (Å²) in [7, 11) is 0. The Hall–Kier alpha value is -4.42. The van der Waals surface area contributed by atoms with Gasteiger partial charge in [-0.3, -0.25) is 18.9 Å². The Morgan fingerprint density at radius 2 is 1.87 bits per heavy atom. The largest absolute Gasteiger partial charge is 0.439 e. The molecule has 0 atom stereocenters. The Bertz CT molecular complexity index is 1930. The fourth-order valence-electron chi connectivity index (χ4n) is 6.21. The molecular formula is C33H37FN6O5. The average Bonchev–Trinajstić information content (AvgIpc) is 3.68. The van der Waals surface area contributed by atoms with Gasteiger partial charge in [0, 0.05) is 23.6 Å². The molecule has 2 N–H and O–H groups in total. The number of H-pyrrole nitrogens is 1. The first-order chi connectivity index (χ1) is 21.6. The summed E-state index contributed by atoms with van der Waals surface area (Å²) < 4.78 is 29.9. The lowest BCUT2D eigenvalue weighted by molar-refractivity contribution is -0.0654. The topological polar surface area (TPSA) is 141 Å². The molecule has 45 heavy (non-hydrogen) atoms. The molecule has 11 nitrogen and oxygen atoms in total. The lowest BCUT2D eigenvalue weighted by atomic mass is 9.92. The summed E-state index contributed by atoms with van der Waals surface area (Å²) in [6.45, 7) is 5.72. The average molecular weight is 617 g/mol. The number of aromatic nitrogens is 6. The zero-order valence-corrected chi connectivity index (χ0v) is 25.6. The lowest BCUT2D eigenvalue weighted by Gasteiger charge is -2.32. The molecule has 3 aromatic heterocycles. The minimum Gasteiger partial charge on any atom is -0.388 e. The van der Waals surface area contributed by atoms with Crippen molar-refractivity contribution in [2.45, 2.75) is 83.5 Å². The van der Waals surface area contributed by atoms with Crippen LogP contribution in [-0.4, -0.2) is 52.7 Å². The fourth-order valence-corrected chi connectivity index (χ4v) is 6.21. The van der Waals surface area contributed by atoms with E-state index in [1.807, 2.05) is 19.1 Å². The van der Waals surface area contributed by atoms with Crippen LogP contribution in [-0.2, 0) is 17.6 Å². The van der Waals surface area contributed by atoms with Crippen LogP contribution < -0.4 is 11.3 Å². The maximum absolute atomic E-state index is 15.9. The Kier molecular flexibility index (Phi) is 8.52. The molecule has 6 rings (SSSR count). The first kappa shape index (κ1) is 30.6. The summed E-state index contributed by atoms with van der Waals surface area (Å²) >= 11 is 0. The minimum absolute atomic E-state index is 0.0124. The third-order valence-corrected chi connectivity index (χ3v) is 8.35. The van der Waals surface area contributed by atoms with Crippen LogP contribution in [0.1, 0.15) is 75.7 Å². The van der Waals surface area contributed by atoms with Gasteiger partial charge in [0.1, 0.15) is 12.1 Å². The normalized spacial score (nSPS) is 17.3. The van der Waals surface area contributed by atoms with E-state index in [0.29, 0.717) is 52.9 Å². The van der Waals surface area contributed by atoms with Gasteiger partial charge in [-0.05, 0) is 68.7 Å². The second-order valence-electron chi connectivity index (χ2n) is 12.3. The van der Waals surface area contributed by atoms with Crippen molar-refractivity contribution in [1.29, 1.82) is 0 Å². The van der Waals surface area contributed by atoms with Gasteiger partial charge in [-0.2, -0.15) is 10.1 Å². The Morgan fingerprint density at radius 3 is 2.53 bits per heavy atom. The van der Waals surface area contributed by atoms with Gasteiger partial charge < -0.3 is 9.84 Å². The smallest absolute Gasteiger partial charge is 0.388 e. The van der Waals surface area contributed by atoms with Crippen molar-refractivity contribution in [3.05, 3.63) is 92.3 Å². The molecule has 1 aliphatic rings. The highest BCUT2D eigenvalue weighted by Gasteiger charge is 2.29. The Labute approximate surface area is 258 Å². The third-order valence-electron chi connectivity index (χ3n) is 8.35. The van der Waals surface area contributed by atoms with E-state index in [9.17, 15) is 14.7 Å². The van der Waals surface area contributed by atoms with E-state index in [1.54, 1.807) is 47.2 Å². The summed E-state index contributed by atoms with van der Waals surface area (Å²) in [5, 5.41) is 18.3. The summed E-state index contributed by atoms with van der Waals surface area (Å²) in [4.78, 5) is 32.8. The molecular weight excluding hydrogens is 579 g/mol. The van der Waals surface area contributed by atoms with E-state index in [-0.39, 0.29) is 36.6 Å². The SMILES string of the molecule is CCCc1c(Cc2ccc(-c3ccccc3-c3noc(=O)[nH]3)cc2F)c(=O)n(C2CCC(OCC(C)(C)O)CC2)c2ncnn12. The Balaban J connectivity index is 1.33. The van der Waals surface area contributed by atoms with Crippen LogP contribution in [0.2, 0.25) is 0 Å². The summed E-state index contributed by atoms with van der Waals surface area (Å²) in [5.41, 5.74) is 2.41. The second-order valence-corrected chi connectivity index (χ2v) is 12.3. The number of aliphatic hydroxyl groups is 1. The van der Waals surface area contributed by atoms with Crippen LogP contribution >= 0.6 is 0 Å². The van der Waals surface area contributed by atoms with Crippen molar-refractivity contribution in [2.24, 2.45) is 0 Å². The van der Waals surface area contributed by atoms with Gasteiger partial charge in [-0.15, -0.1) is 0 Å². The van der Waals surface area contributed by atoms with Gasteiger partial charge in [0.2, 0.25) is 5.78 Å². The summed E-state index contributed by atoms with van der Waals surface area (Å²) in [6, 6.07) is 12.0. The standard InChI is InChI=1S/C33H37FN6O5/c1-4-7-28-26(16-21-11-10-20(17-27(21)34)24-8-5-6-9-25(24)29-37-32(42)45-38-29)30(41)39(31-35-19-36-40(28)31)22-12-14-23(15-13-22)44-18-33(2,3)43/h5-6,8-11,17,19,22-23,43H,4,7,12-16,18H2,1-3H3,(H,37,38,42). The van der Waals surface area contributed by atoms with Crippen LogP contribution in [0.15, 0.2) is 62.9 Å². The number of hydrogen-bond acceptors (Lipinski definition) is 8. The van der Waals surface area contributed by atoms with E-state index in [1.165, 1.54) is 12.4 Å². The molecule has 0 radical (unpaired) electrons. The number of hydrogen-bond donors (Lipinski definition) is 2. The van der Waals surface area contributed by atoms with Gasteiger partial charge in [-0.1, -0.05) is 54.9 Å². The molecule has 0 amide bonds. The van der Waals surface area contributed by atoms with Crippen LogP contribution in [0.5, 0.6) is 0 Å². The van der Waals surface area contributed by atoms with Crippen molar-refractivity contribution >= 4 is 5.78 Å². The molecule has 0 aliphatic heterocycles. The van der Waals surface area contributed by atoms with E-state index in [2.05, 4.69) is 24.7 Å². The molecule has 5 aromatic rings. The number of halogens is 1. The number of ether oxygens (including phenoxy) is 1. The number of aromatic amines is 1. The van der Waals surface area contributed by atoms with E-state index < -0.39 is 17.2 Å². The fraction of sp³-hybridized carbons (Fsp3) is 0.424.